The van der Waals surface area contributed by atoms with E-state index in [0.717, 1.165) is 0 Å². The third kappa shape index (κ3) is 4.05. The predicted octanol–water partition coefficient (Wildman–Crippen LogP) is -1.21. The number of aliphatic hydroxyl groups excluding tert-OH is 3. The predicted molar refractivity (Wildman–Crippen MR) is 77.2 cm³/mol. The molecule has 0 bridgehead atoms. The monoisotopic (exact) mass is 325 g/mol. The fourth-order valence-electron chi connectivity index (χ4n) is 2.38. The molecule has 0 aliphatic carbocycles. The Bertz CT molecular complexity index is 550. The summed E-state index contributed by atoms with van der Waals surface area (Å²) in [5.41, 5.74) is 0.253. The summed E-state index contributed by atoms with van der Waals surface area (Å²) in [5.74, 6) is -1.22. The maximum absolute atomic E-state index is 12.2. The largest absolute Gasteiger partial charge is 0.453 e. The molecule has 1 fully saturated rings. The van der Waals surface area contributed by atoms with E-state index in [1.54, 1.807) is 18.2 Å². The number of benzene rings is 1. The van der Waals surface area contributed by atoms with Gasteiger partial charge in [-0.1, -0.05) is 18.2 Å². The Labute approximate surface area is 132 Å². The van der Waals surface area contributed by atoms with Crippen LogP contribution < -0.4 is 5.32 Å². The van der Waals surface area contributed by atoms with Gasteiger partial charge < -0.3 is 30.1 Å². The van der Waals surface area contributed by atoms with Crippen LogP contribution >= 0.6 is 0 Å². The highest BCUT2D eigenvalue weighted by atomic mass is 16.6. The number of carbonyl (C=O) groups is 2. The first kappa shape index (κ1) is 17.4. The minimum atomic E-state index is -1.53. The van der Waals surface area contributed by atoms with Crippen LogP contribution in [0.5, 0.6) is 0 Å². The Morgan fingerprint density at radius 3 is 2.48 bits per heavy atom. The number of carbonyl (C=O) groups excluding carboxylic acids is 2. The maximum atomic E-state index is 12.2. The van der Waals surface area contributed by atoms with E-state index in [4.69, 9.17) is 9.47 Å². The molecule has 1 heterocycles. The minimum Gasteiger partial charge on any atom is -0.453 e. The van der Waals surface area contributed by atoms with Gasteiger partial charge in [-0.25, -0.2) is 4.79 Å². The summed E-state index contributed by atoms with van der Waals surface area (Å²) in [4.78, 5) is 23.4. The van der Waals surface area contributed by atoms with Crippen LogP contribution in [0.2, 0.25) is 0 Å². The Kier molecular flexibility index (Phi) is 5.67. The number of aliphatic hydroxyl groups is 3. The third-order valence-corrected chi connectivity index (χ3v) is 3.50. The molecule has 1 aliphatic rings. The fourth-order valence-corrected chi connectivity index (χ4v) is 2.38. The molecule has 8 heteroatoms. The summed E-state index contributed by atoms with van der Waals surface area (Å²) in [5, 5.41) is 31.7. The highest BCUT2D eigenvalue weighted by molar-refractivity contribution is 5.89. The van der Waals surface area contributed by atoms with Crippen molar-refractivity contribution >= 4 is 11.9 Å². The maximum Gasteiger partial charge on any atom is 0.338 e. The van der Waals surface area contributed by atoms with Crippen molar-refractivity contribution in [2.75, 3.05) is 6.61 Å². The molecule has 0 saturated carbocycles. The lowest BCUT2D eigenvalue weighted by molar-refractivity contribution is -0.253. The van der Waals surface area contributed by atoms with Crippen LogP contribution in [0.3, 0.4) is 0 Å². The van der Waals surface area contributed by atoms with Crippen LogP contribution in [0.25, 0.3) is 0 Å². The molecule has 5 unspecified atom stereocenters. The van der Waals surface area contributed by atoms with Gasteiger partial charge in [0.25, 0.3) is 0 Å². The second-order valence-corrected chi connectivity index (χ2v) is 5.20. The fraction of sp³-hybridized carbons (Fsp3) is 0.467. The molecule has 0 radical (unpaired) electrons. The Morgan fingerprint density at radius 2 is 1.91 bits per heavy atom. The van der Waals surface area contributed by atoms with Gasteiger partial charge >= 0.3 is 5.97 Å². The smallest absolute Gasteiger partial charge is 0.338 e. The number of rotatable bonds is 4. The Balaban J connectivity index is 2.21. The number of ether oxygens (including phenoxy) is 2. The van der Waals surface area contributed by atoms with E-state index in [2.05, 4.69) is 5.32 Å². The average Bonchev–Trinajstić information content (AvgIpc) is 2.54. The van der Waals surface area contributed by atoms with Gasteiger partial charge in [-0.05, 0) is 12.1 Å². The van der Waals surface area contributed by atoms with E-state index in [-0.39, 0.29) is 5.56 Å². The second kappa shape index (κ2) is 7.51. The molecule has 5 atom stereocenters. The molecule has 4 N–H and O–H groups in total. The van der Waals surface area contributed by atoms with Crippen LogP contribution in [0, 0.1) is 0 Å². The van der Waals surface area contributed by atoms with Crippen molar-refractivity contribution in [2.45, 2.75) is 37.6 Å². The van der Waals surface area contributed by atoms with E-state index < -0.39 is 49.1 Å². The lowest BCUT2D eigenvalue weighted by atomic mass is 9.96. The van der Waals surface area contributed by atoms with Crippen LogP contribution in [0.1, 0.15) is 17.3 Å². The molecule has 23 heavy (non-hydrogen) atoms. The number of hydrogen-bond donors (Lipinski definition) is 4. The normalized spacial score (nSPS) is 30.5. The molecule has 1 amide bonds. The topological polar surface area (TPSA) is 125 Å². The summed E-state index contributed by atoms with van der Waals surface area (Å²) >= 11 is 0. The zero-order chi connectivity index (χ0) is 17.0. The second-order valence-electron chi connectivity index (χ2n) is 5.20. The van der Waals surface area contributed by atoms with Gasteiger partial charge in [0.05, 0.1) is 12.2 Å². The molecular formula is C15H19NO7. The van der Waals surface area contributed by atoms with Crippen molar-refractivity contribution in [1.29, 1.82) is 0 Å². The van der Waals surface area contributed by atoms with Gasteiger partial charge in [-0.3, -0.25) is 4.79 Å². The lowest BCUT2D eigenvalue weighted by Crippen LogP contribution is -2.65. The average molecular weight is 325 g/mol. The summed E-state index contributed by atoms with van der Waals surface area (Å²) < 4.78 is 10.3. The highest BCUT2D eigenvalue weighted by Crippen LogP contribution is 2.23. The van der Waals surface area contributed by atoms with Crippen LogP contribution in [-0.2, 0) is 14.3 Å². The van der Waals surface area contributed by atoms with Crippen LogP contribution in [0.15, 0.2) is 30.3 Å². The van der Waals surface area contributed by atoms with E-state index >= 15 is 0 Å². The number of esters is 1. The van der Waals surface area contributed by atoms with E-state index in [1.165, 1.54) is 19.1 Å². The molecule has 1 saturated heterocycles. The third-order valence-electron chi connectivity index (χ3n) is 3.50. The van der Waals surface area contributed by atoms with Gasteiger partial charge in [0.2, 0.25) is 5.91 Å². The number of nitrogens with one attached hydrogen (secondary N) is 1. The first-order valence-electron chi connectivity index (χ1n) is 7.09. The van der Waals surface area contributed by atoms with Gasteiger partial charge in [-0.15, -0.1) is 0 Å². The van der Waals surface area contributed by atoms with Gasteiger partial charge in [0, 0.05) is 6.92 Å². The van der Waals surface area contributed by atoms with Crippen molar-refractivity contribution < 1.29 is 34.4 Å². The van der Waals surface area contributed by atoms with Crippen molar-refractivity contribution in [3.05, 3.63) is 35.9 Å². The van der Waals surface area contributed by atoms with Gasteiger partial charge in [0.15, 0.2) is 12.4 Å². The molecule has 2 rings (SSSR count). The molecule has 1 aliphatic heterocycles. The molecule has 126 valence electrons. The zero-order valence-corrected chi connectivity index (χ0v) is 12.5. The van der Waals surface area contributed by atoms with E-state index in [9.17, 15) is 24.9 Å². The van der Waals surface area contributed by atoms with Crippen molar-refractivity contribution in [1.82, 2.24) is 5.32 Å². The molecule has 8 nitrogen and oxygen atoms in total. The molecule has 0 aromatic heterocycles. The first-order valence-corrected chi connectivity index (χ1v) is 7.09. The summed E-state index contributed by atoms with van der Waals surface area (Å²) in [7, 11) is 0. The Morgan fingerprint density at radius 1 is 1.26 bits per heavy atom. The Hall–Kier alpha value is -2.00. The number of amides is 1. The van der Waals surface area contributed by atoms with Gasteiger partial charge in [0.1, 0.15) is 18.2 Å². The quantitative estimate of drug-likeness (QED) is 0.512. The summed E-state index contributed by atoms with van der Waals surface area (Å²) in [6, 6.07) is 6.92. The van der Waals surface area contributed by atoms with Crippen LogP contribution in [-0.4, -0.2) is 64.4 Å². The van der Waals surface area contributed by atoms with E-state index in [1.807, 2.05) is 0 Å². The van der Waals surface area contributed by atoms with Crippen molar-refractivity contribution in [3.63, 3.8) is 0 Å². The van der Waals surface area contributed by atoms with Crippen molar-refractivity contribution in [2.24, 2.45) is 0 Å². The standard InChI is InChI=1S/C15H19NO7/c1-8(18)16-11-13(12(19)10(7-17)22-15(11)21)23-14(20)9-5-3-2-4-6-9/h2-6,10-13,15,17,19,21H,7H2,1H3,(H,16,18). The SMILES string of the molecule is CC(=O)NC1C(O)OC(CO)C(O)C1OC(=O)c1ccccc1. The summed E-state index contributed by atoms with van der Waals surface area (Å²) in [6.45, 7) is 0.637. The minimum absolute atomic E-state index is 0.253. The number of hydrogen-bond acceptors (Lipinski definition) is 7. The molecule has 1 aromatic carbocycles. The highest BCUT2D eigenvalue weighted by Gasteiger charge is 2.47. The van der Waals surface area contributed by atoms with Crippen molar-refractivity contribution in [3.8, 4) is 0 Å². The zero-order valence-electron chi connectivity index (χ0n) is 12.5. The van der Waals surface area contributed by atoms with Crippen LogP contribution in [0.4, 0.5) is 0 Å². The van der Waals surface area contributed by atoms with Gasteiger partial charge in [-0.2, -0.15) is 0 Å². The first-order chi connectivity index (χ1) is 10.9. The molecular weight excluding hydrogens is 306 g/mol. The molecule has 1 aromatic rings. The summed E-state index contributed by atoms with van der Waals surface area (Å²) in [6.07, 6.45) is -5.35. The lowest BCUT2D eigenvalue weighted by Gasteiger charge is -2.41. The molecule has 0 spiro atoms. The van der Waals surface area contributed by atoms with E-state index in [0.29, 0.717) is 0 Å².